The Morgan fingerprint density at radius 1 is 1.12 bits per heavy atom. The minimum absolute atomic E-state index is 0.400. The molecule has 0 amide bonds. The Kier molecular flexibility index (Phi) is 3.48. The summed E-state index contributed by atoms with van der Waals surface area (Å²) in [6.45, 7) is 0. The van der Waals surface area contributed by atoms with E-state index in [0.717, 1.165) is 12.1 Å². The van der Waals surface area contributed by atoms with Crippen molar-refractivity contribution in [2.24, 2.45) is 0 Å². The SMILES string of the molecule is C#Cc1ccc(OC(F)(F)C(F)(F)Br)cc1. The van der Waals surface area contributed by atoms with Gasteiger partial charge in [-0.3, -0.25) is 0 Å². The lowest BCUT2D eigenvalue weighted by Crippen LogP contribution is -2.40. The largest absolute Gasteiger partial charge is 0.475 e. The fraction of sp³-hybridized carbons (Fsp3) is 0.200. The molecule has 1 rings (SSSR count). The number of benzene rings is 1. The predicted molar refractivity (Wildman–Crippen MR) is 53.8 cm³/mol. The second kappa shape index (κ2) is 4.34. The van der Waals surface area contributed by atoms with Crippen LogP contribution in [0.15, 0.2) is 24.3 Å². The molecule has 0 aliphatic heterocycles. The third kappa shape index (κ3) is 2.89. The number of ether oxygens (including phenoxy) is 1. The van der Waals surface area contributed by atoms with E-state index in [-0.39, 0.29) is 0 Å². The summed E-state index contributed by atoms with van der Waals surface area (Å²) in [5.41, 5.74) is 0.432. The summed E-state index contributed by atoms with van der Waals surface area (Å²) in [7, 11) is 0. The van der Waals surface area contributed by atoms with Crippen LogP contribution in [0.4, 0.5) is 17.6 Å². The third-order valence-electron chi connectivity index (χ3n) is 1.60. The van der Waals surface area contributed by atoms with E-state index in [9.17, 15) is 17.6 Å². The number of hydrogen-bond acceptors (Lipinski definition) is 1. The van der Waals surface area contributed by atoms with Crippen molar-refractivity contribution in [2.75, 3.05) is 0 Å². The zero-order valence-corrected chi connectivity index (χ0v) is 9.27. The van der Waals surface area contributed by atoms with Crippen molar-refractivity contribution in [3.8, 4) is 18.1 Å². The van der Waals surface area contributed by atoms with Gasteiger partial charge < -0.3 is 4.74 Å². The maximum atomic E-state index is 12.7. The van der Waals surface area contributed by atoms with E-state index in [1.165, 1.54) is 12.1 Å². The highest BCUT2D eigenvalue weighted by molar-refractivity contribution is 9.10. The van der Waals surface area contributed by atoms with E-state index in [4.69, 9.17) is 6.42 Å². The van der Waals surface area contributed by atoms with Crippen molar-refractivity contribution in [1.29, 1.82) is 0 Å². The van der Waals surface area contributed by atoms with Gasteiger partial charge in [-0.25, -0.2) is 0 Å². The predicted octanol–water partition coefficient (Wildman–Crippen LogP) is 3.63. The van der Waals surface area contributed by atoms with E-state index in [1.54, 1.807) is 15.9 Å². The fourth-order valence-electron chi connectivity index (χ4n) is 0.825. The summed E-state index contributed by atoms with van der Waals surface area (Å²) in [6, 6.07) is 4.78. The molecule has 1 aromatic rings. The van der Waals surface area contributed by atoms with Crippen molar-refractivity contribution < 1.29 is 22.3 Å². The molecule has 0 N–H and O–H groups in total. The Hall–Kier alpha value is -1.22. The Morgan fingerprint density at radius 2 is 1.62 bits per heavy atom. The van der Waals surface area contributed by atoms with Gasteiger partial charge in [0, 0.05) is 21.5 Å². The van der Waals surface area contributed by atoms with Crippen LogP contribution in [0.2, 0.25) is 0 Å². The Morgan fingerprint density at radius 3 is 2.00 bits per heavy atom. The lowest BCUT2D eigenvalue weighted by molar-refractivity contribution is -0.266. The van der Waals surface area contributed by atoms with Gasteiger partial charge in [0.1, 0.15) is 5.75 Å². The standard InChI is InChI=1S/C10H5BrF4O/c1-2-7-3-5-8(6-4-7)16-10(14,15)9(11,12)13/h1,3-6H. The molecule has 0 aliphatic rings. The van der Waals surface area contributed by atoms with Gasteiger partial charge in [-0.05, 0) is 24.3 Å². The molecule has 0 spiro atoms. The molecule has 0 saturated heterocycles. The molecule has 86 valence electrons. The topological polar surface area (TPSA) is 9.23 Å². The summed E-state index contributed by atoms with van der Waals surface area (Å²) < 4.78 is 54.0. The highest BCUT2D eigenvalue weighted by Gasteiger charge is 2.57. The van der Waals surface area contributed by atoms with Gasteiger partial charge in [0.25, 0.3) is 0 Å². The summed E-state index contributed by atoms with van der Waals surface area (Å²) >= 11 is 1.55. The van der Waals surface area contributed by atoms with Crippen LogP contribution in [0, 0.1) is 12.3 Å². The van der Waals surface area contributed by atoms with Crippen molar-refractivity contribution in [2.45, 2.75) is 10.9 Å². The maximum absolute atomic E-state index is 12.7. The molecule has 0 saturated carbocycles. The highest BCUT2D eigenvalue weighted by Crippen LogP contribution is 2.40. The molecule has 0 atom stereocenters. The number of hydrogen-bond donors (Lipinski definition) is 0. The summed E-state index contributed by atoms with van der Waals surface area (Å²) in [4.78, 5) is -4.44. The van der Waals surface area contributed by atoms with Crippen molar-refractivity contribution >= 4 is 15.9 Å². The average molecular weight is 297 g/mol. The minimum Gasteiger partial charge on any atom is -0.427 e. The lowest BCUT2D eigenvalue weighted by atomic mass is 10.2. The Bertz CT molecular complexity index is 402. The van der Waals surface area contributed by atoms with Gasteiger partial charge in [0.2, 0.25) is 0 Å². The minimum atomic E-state index is -4.63. The van der Waals surface area contributed by atoms with Crippen molar-refractivity contribution in [3.63, 3.8) is 0 Å². The van der Waals surface area contributed by atoms with Crippen LogP contribution in [-0.2, 0) is 0 Å². The molecule has 0 aromatic heterocycles. The van der Waals surface area contributed by atoms with Crippen LogP contribution in [0.25, 0.3) is 0 Å². The molecule has 0 radical (unpaired) electrons. The van der Waals surface area contributed by atoms with Crippen LogP contribution in [-0.4, -0.2) is 10.9 Å². The molecule has 0 heterocycles. The van der Waals surface area contributed by atoms with E-state index in [2.05, 4.69) is 10.7 Å². The second-order valence-corrected chi connectivity index (χ2v) is 3.78. The molecule has 1 nitrogen and oxygen atoms in total. The molecular weight excluding hydrogens is 292 g/mol. The normalized spacial score (nSPS) is 12.0. The summed E-state index contributed by atoms with van der Waals surface area (Å²) in [5, 5.41) is 0. The van der Waals surface area contributed by atoms with Crippen molar-refractivity contribution in [1.82, 2.24) is 0 Å². The zero-order chi connectivity index (χ0) is 12.4. The van der Waals surface area contributed by atoms with Gasteiger partial charge in [0.15, 0.2) is 0 Å². The van der Waals surface area contributed by atoms with Crippen LogP contribution in [0.5, 0.6) is 5.75 Å². The summed E-state index contributed by atoms with van der Waals surface area (Å²) in [6.07, 6.45) is 0.396. The Labute approximate surface area is 97.5 Å². The molecule has 16 heavy (non-hydrogen) atoms. The maximum Gasteiger partial charge on any atom is 0.475 e. The van der Waals surface area contributed by atoms with Gasteiger partial charge >= 0.3 is 10.9 Å². The number of rotatable bonds is 3. The molecule has 0 unspecified atom stereocenters. The van der Waals surface area contributed by atoms with E-state index >= 15 is 0 Å². The quantitative estimate of drug-likeness (QED) is 0.470. The van der Waals surface area contributed by atoms with Crippen LogP contribution < -0.4 is 4.74 Å². The first kappa shape index (κ1) is 12.8. The van der Waals surface area contributed by atoms with Crippen molar-refractivity contribution in [3.05, 3.63) is 29.8 Å². The van der Waals surface area contributed by atoms with Crippen LogP contribution >= 0.6 is 15.9 Å². The first-order chi connectivity index (χ1) is 7.26. The highest BCUT2D eigenvalue weighted by atomic mass is 79.9. The zero-order valence-electron chi connectivity index (χ0n) is 7.68. The first-order valence-electron chi connectivity index (χ1n) is 3.96. The summed E-state index contributed by atoms with van der Waals surface area (Å²) in [5.74, 6) is 1.85. The molecule has 0 bridgehead atoms. The average Bonchev–Trinajstić information content (AvgIpc) is 2.16. The molecular formula is C10H5BrF4O. The molecule has 0 aliphatic carbocycles. The van der Waals surface area contributed by atoms with E-state index in [0.29, 0.717) is 5.56 Å². The van der Waals surface area contributed by atoms with Gasteiger partial charge in [-0.1, -0.05) is 5.92 Å². The monoisotopic (exact) mass is 296 g/mol. The first-order valence-corrected chi connectivity index (χ1v) is 4.76. The smallest absolute Gasteiger partial charge is 0.427 e. The van der Waals surface area contributed by atoms with Gasteiger partial charge in [-0.2, -0.15) is 17.6 Å². The molecule has 6 heteroatoms. The molecule has 0 fully saturated rings. The van der Waals surface area contributed by atoms with Gasteiger partial charge in [0.05, 0.1) is 0 Å². The number of halogens is 5. The van der Waals surface area contributed by atoms with E-state index in [1.807, 2.05) is 0 Å². The number of terminal acetylenes is 1. The van der Waals surface area contributed by atoms with Crippen LogP contribution in [0.3, 0.4) is 0 Å². The Balaban J connectivity index is 2.85. The lowest BCUT2D eigenvalue weighted by Gasteiger charge is -2.21. The third-order valence-corrected chi connectivity index (χ3v) is 2.06. The molecule has 1 aromatic carbocycles. The number of alkyl halides is 5. The van der Waals surface area contributed by atoms with Gasteiger partial charge in [-0.15, -0.1) is 6.42 Å². The van der Waals surface area contributed by atoms with Crippen LogP contribution in [0.1, 0.15) is 5.56 Å². The van der Waals surface area contributed by atoms with E-state index < -0.39 is 16.7 Å². The second-order valence-electron chi connectivity index (χ2n) is 2.79. The fourth-order valence-corrected chi connectivity index (χ4v) is 0.906.